The van der Waals surface area contributed by atoms with Gasteiger partial charge in [-0.3, -0.25) is 9.59 Å². The lowest BCUT2D eigenvalue weighted by atomic mass is 9.96. The van der Waals surface area contributed by atoms with Gasteiger partial charge < -0.3 is 24.4 Å². The Kier molecular flexibility index (Phi) is 5.95. The number of aryl methyl sites for hydroxylation is 2. The van der Waals surface area contributed by atoms with Crippen LogP contribution in [0.1, 0.15) is 35.0 Å². The summed E-state index contributed by atoms with van der Waals surface area (Å²) in [5.41, 5.74) is 3.21. The zero-order valence-electron chi connectivity index (χ0n) is 19.2. The molecule has 172 valence electrons. The molecule has 0 saturated carbocycles. The fourth-order valence-electron chi connectivity index (χ4n) is 4.35. The number of carbonyl (C=O) groups excluding carboxylic acids is 2. The van der Waals surface area contributed by atoms with Gasteiger partial charge in [0.2, 0.25) is 0 Å². The van der Waals surface area contributed by atoms with Gasteiger partial charge in [0.15, 0.2) is 5.76 Å². The highest BCUT2D eigenvalue weighted by molar-refractivity contribution is 6.46. The van der Waals surface area contributed by atoms with Crippen molar-refractivity contribution in [3.63, 3.8) is 0 Å². The molecule has 1 saturated heterocycles. The summed E-state index contributed by atoms with van der Waals surface area (Å²) in [7, 11) is 3.89. The van der Waals surface area contributed by atoms with Crippen LogP contribution in [0, 0.1) is 13.8 Å². The van der Waals surface area contributed by atoms with Gasteiger partial charge in [0, 0.05) is 12.7 Å². The van der Waals surface area contributed by atoms with Crippen molar-refractivity contribution in [1.29, 1.82) is 0 Å². The normalized spacial score (nSPS) is 18.1. The van der Waals surface area contributed by atoms with Gasteiger partial charge >= 0.3 is 0 Å². The number of rotatable bonds is 6. The number of fused-ring (bicyclic) bond motifs is 1. The lowest BCUT2D eigenvalue weighted by molar-refractivity contribution is -0.139. The average molecular weight is 449 g/mol. The Bertz CT molecular complexity index is 1260. The fraction of sp³-hybridized carbons (Fsp3) is 0.320. The number of hydrogen-bond acceptors (Lipinski definition) is 6. The number of phenolic OH excluding ortho intramolecular Hbond substituents is 1. The first-order chi connectivity index (χ1) is 15.7. The molecule has 3 aromatic rings. The summed E-state index contributed by atoms with van der Waals surface area (Å²) in [5, 5.41) is 21.1. The van der Waals surface area contributed by atoms with E-state index in [-0.39, 0.29) is 22.8 Å². The standard InChI is InChI=1S/C25H28N4O4/c1-15-7-5-13-28-16(2)20(26-24(15)28)22(31)19-21(17-8-10-18(30)11-9-17)29(25(33)23(19)32)14-6-12-27(3)4/h5,7-11,13,21,30-31H,6,12,14H2,1-4H3. The van der Waals surface area contributed by atoms with Gasteiger partial charge in [-0.25, -0.2) is 4.98 Å². The summed E-state index contributed by atoms with van der Waals surface area (Å²) in [6.45, 7) is 4.84. The van der Waals surface area contributed by atoms with E-state index in [9.17, 15) is 19.8 Å². The summed E-state index contributed by atoms with van der Waals surface area (Å²) in [4.78, 5) is 34.3. The Balaban J connectivity index is 1.87. The number of ketones is 1. The van der Waals surface area contributed by atoms with Crippen LogP contribution in [-0.2, 0) is 9.59 Å². The van der Waals surface area contributed by atoms with E-state index >= 15 is 0 Å². The van der Waals surface area contributed by atoms with E-state index in [0.29, 0.717) is 29.9 Å². The van der Waals surface area contributed by atoms with E-state index in [2.05, 4.69) is 4.98 Å². The number of phenols is 1. The summed E-state index contributed by atoms with van der Waals surface area (Å²) in [5.74, 6) is -1.59. The topological polar surface area (TPSA) is 98.4 Å². The number of aliphatic hydroxyl groups excluding tert-OH is 1. The molecule has 0 bridgehead atoms. The molecule has 4 rings (SSSR count). The molecule has 1 fully saturated rings. The lowest BCUT2D eigenvalue weighted by Crippen LogP contribution is -2.32. The Morgan fingerprint density at radius 3 is 2.45 bits per heavy atom. The highest BCUT2D eigenvalue weighted by atomic mass is 16.3. The molecule has 0 radical (unpaired) electrons. The summed E-state index contributed by atoms with van der Waals surface area (Å²) in [6, 6.07) is 9.39. The number of pyridine rings is 1. The number of benzene rings is 1. The second-order valence-corrected chi connectivity index (χ2v) is 8.67. The Morgan fingerprint density at radius 2 is 1.82 bits per heavy atom. The van der Waals surface area contributed by atoms with Gasteiger partial charge in [0.1, 0.15) is 17.1 Å². The van der Waals surface area contributed by atoms with Crippen LogP contribution in [0.5, 0.6) is 5.75 Å². The monoisotopic (exact) mass is 448 g/mol. The van der Waals surface area contributed by atoms with Gasteiger partial charge in [-0.05, 0) is 70.2 Å². The van der Waals surface area contributed by atoms with Gasteiger partial charge in [0.25, 0.3) is 11.7 Å². The molecule has 0 spiro atoms. The molecule has 1 unspecified atom stereocenters. The summed E-state index contributed by atoms with van der Waals surface area (Å²) in [6.07, 6.45) is 2.51. The van der Waals surface area contributed by atoms with Crippen molar-refractivity contribution in [3.8, 4) is 5.75 Å². The SMILES string of the molecule is Cc1cccn2c(C)c(C(O)=C3C(=O)C(=O)N(CCCN(C)C)C3c3ccc(O)cc3)nc12. The number of aliphatic hydroxyl groups is 1. The number of imidazole rings is 1. The van der Waals surface area contributed by atoms with E-state index < -0.39 is 17.7 Å². The molecular formula is C25H28N4O4. The molecular weight excluding hydrogens is 420 g/mol. The molecule has 1 aliphatic heterocycles. The van der Waals surface area contributed by atoms with E-state index in [1.165, 1.54) is 17.0 Å². The highest BCUT2D eigenvalue weighted by Crippen LogP contribution is 2.40. The second kappa shape index (κ2) is 8.71. The second-order valence-electron chi connectivity index (χ2n) is 8.67. The summed E-state index contributed by atoms with van der Waals surface area (Å²) < 4.78 is 1.85. The van der Waals surface area contributed by atoms with Gasteiger partial charge in [-0.1, -0.05) is 18.2 Å². The zero-order chi connectivity index (χ0) is 23.9. The van der Waals surface area contributed by atoms with Crippen LogP contribution in [0.15, 0.2) is 48.2 Å². The van der Waals surface area contributed by atoms with Crippen molar-refractivity contribution < 1.29 is 19.8 Å². The Labute approximate surface area is 192 Å². The fourth-order valence-corrected chi connectivity index (χ4v) is 4.35. The number of Topliss-reactive ketones (excluding diaryl/α,β-unsaturated/α-hetero) is 1. The molecule has 2 N–H and O–H groups in total. The average Bonchev–Trinajstić information content (AvgIpc) is 3.24. The van der Waals surface area contributed by atoms with Crippen molar-refractivity contribution in [2.45, 2.75) is 26.3 Å². The van der Waals surface area contributed by atoms with E-state index in [1.807, 2.05) is 55.6 Å². The van der Waals surface area contributed by atoms with E-state index in [1.54, 1.807) is 12.1 Å². The third kappa shape index (κ3) is 3.98. The number of amides is 1. The number of aromatic nitrogens is 2. The van der Waals surface area contributed by atoms with Crippen LogP contribution < -0.4 is 0 Å². The maximum absolute atomic E-state index is 13.2. The molecule has 1 aromatic carbocycles. The maximum Gasteiger partial charge on any atom is 0.295 e. The number of hydrogen-bond donors (Lipinski definition) is 2. The first-order valence-electron chi connectivity index (χ1n) is 10.9. The third-order valence-electron chi connectivity index (χ3n) is 6.06. The first-order valence-corrected chi connectivity index (χ1v) is 10.9. The number of likely N-dealkylation sites (tertiary alicyclic amines) is 1. The van der Waals surface area contributed by atoms with Crippen LogP contribution in [0.3, 0.4) is 0 Å². The van der Waals surface area contributed by atoms with Crippen molar-refractivity contribution in [2.24, 2.45) is 0 Å². The minimum atomic E-state index is -0.766. The van der Waals surface area contributed by atoms with Crippen molar-refractivity contribution >= 4 is 23.1 Å². The largest absolute Gasteiger partial charge is 0.508 e. The van der Waals surface area contributed by atoms with E-state index in [4.69, 9.17) is 0 Å². The van der Waals surface area contributed by atoms with Crippen LogP contribution in [-0.4, -0.2) is 68.3 Å². The predicted octanol–water partition coefficient (Wildman–Crippen LogP) is 3.03. The van der Waals surface area contributed by atoms with Crippen LogP contribution >= 0.6 is 0 Å². The first kappa shape index (κ1) is 22.5. The smallest absolute Gasteiger partial charge is 0.295 e. The Morgan fingerprint density at radius 1 is 1.12 bits per heavy atom. The number of aromatic hydroxyl groups is 1. The van der Waals surface area contributed by atoms with E-state index in [0.717, 1.165) is 12.1 Å². The molecule has 1 aliphatic rings. The summed E-state index contributed by atoms with van der Waals surface area (Å²) >= 11 is 0. The van der Waals surface area contributed by atoms with Crippen molar-refractivity contribution in [1.82, 2.24) is 19.2 Å². The molecule has 3 heterocycles. The lowest BCUT2D eigenvalue weighted by Gasteiger charge is -2.25. The molecule has 8 heteroatoms. The minimum Gasteiger partial charge on any atom is -0.508 e. The zero-order valence-corrected chi connectivity index (χ0v) is 19.2. The van der Waals surface area contributed by atoms with Gasteiger partial charge in [-0.15, -0.1) is 0 Å². The van der Waals surface area contributed by atoms with Crippen molar-refractivity contribution in [2.75, 3.05) is 27.2 Å². The van der Waals surface area contributed by atoms with Gasteiger partial charge in [-0.2, -0.15) is 0 Å². The molecule has 8 nitrogen and oxygen atoms in total. The number of carbonyl (C=O) groups is 2. The highest BCUT2D eigenvalue weighted by Gasteiger charge is 2.46. The van der Waals surface area contributed by atoms with Crippen LogP contribution in [0.2, 0.25) is 0 Å². The molecule has 2 aromatic heterocycles. The number of nitrogens with zero attached hydrogens (tertiary/aromatic N) is 4. The maximum atomic E-state index is 13.2. The molecule has 1 atom stereocenters. The Hall–Kier alpha value is -3.65. The molecule has 0 aliphatic carbocycles. The predicted molar refractivity (Wildman–Crippen MR) is 125 cm³/mol. The van der Waals surface area contributed by atoms with Crippen molar-refractivity contribution in [3.05, 3.63) is 70.7 Å². The molecule has 1 amide bonds. The third-order valence-corrected chi connectivity index (χ3v) is 6.06. The van der Waals surface area contributed by atoms with Crippen LogP contribution in [0.25, 0.3) is 11.4 Å². The molecule has 33 heavy (non-hydrogen) atoms. The minimum absolute atomic E-state index is 0.0136. The van der Waals surface area contributed by atoms with Crippen LogP contribution in [0.4, 0.5) is 0 Å². The van der Waals surface area contributed by atoms with Gasteiger partial charge in [0.05, 0.1) is 17.3 Å². The quantitative estimate of drug-likeness (QED) is 0.342.